The zero-order valence-electron chi connectivity index (χ0n) is 16.9. The fourth-order valence-electron chi connectivity index (χ4n) is 3.11. The second-order valence-electron chi connectivity index (χ2n) is 6.68. The third kappa shape index (κ3) is 4.51. The van der Waals surface area contributed by atoms with Gasteiger partial charge in [0.15, 0.2) is 5.13 Å². The Kier molecular flexibility index (Phi) is 6.65. The van der Waals surface area contributed by atoms with E-state index in [0.29, 0.717) is 17.9 Å². The van der Waals surface area contributed by atoms with Gasteiger partial charge in [0.25, 0.3) is 5.91 Å². The first-order valence-corrected chi connectivity index (χ1v) is 10.4. The van der Waals surface area contributed by atoms with Gasteiger partial charge in [0.2, 0.25) is 0 Å². The number of aromatic nitrogens is 1. The van der Waals surface area contributed by atoms with Crippen LogP contribution in [-0.2, 0) is 0 Å². The molecule has 0 atom stereocenters. The predicted octanol–water partition coefficient (Wildman–Crippen LogP) is 4.60. The SMILES string of the molecule is CCN(CC)CCN(C(=O)c1cccc(OC)c1)c1nc2ccc(C)cc2s1. The number of hydrogen-bond acceptors (Lipinski definition) is 5. The summed E-state index contributed by atoms with van der Waals surface area (Å²) in [5.74, 6) is 0.622. The molecular formula is C22H27N3O2S. The summed E-state index contributed by atoms with van der Waals surface area (Å²) in [5.41, 5.74) is 2.72. The second-order valence-corrected chi connectivity index (χ2v) is 7.69. The van der Waals surface area contributed by atoms with Crippen molar-refractivity contribution in [3.63, 3.8) is 0 Å². The minimum Gasteiger partial charge on any atom is -0.497 e. The summed E-state index contributed by atoms with van der Waals surface area (Å²) in [6.07, 6.45) is 0. The third-order valence-electron chi connectivity index (χ3n) is 4.86. The zero-order valence-corrected chi connectivity index (χ0v) is 17.8. The number of fused-ring (bicyclic) bond motifs is 1. The first kappa shape index (κ1) is 20.3. The van der Waals surface area contributed by atoms with Gasteiger partial charge in [-0.1, -0.05) is 37.3 Å². The number of rotatable bonds is 8. The van der Waals surface area contributed by atoms with Crippen LogP contribution < -0.4 is 9.64 Å². The van der Waals surface area contributed by atoms with Crippen LogP contribution >= 0.6 is 11.3 Å². The smallest absolute Gasteiger partial charge is 0.260 e. The van der Waals surface area contributed by atoms with E-state index in [-0.39, 0.29) is 5.91 Å². The monoisotopic (exact) mass is 397 g/mol. The Hall–Kier alpha value is -2.44. The highest BCUT2D eigenvalue weighted by Gasteiger charge is 2.22. The van der Waals surface area contributed by atoms with Gasteiger partial charge >= 0.3 is 0 Å². The van der Waals surface area contributed by atoms with Crippen molar-refractivity contribution in [2.24, 2.45) is 0 Å². The number of benzene rings is 2. The number of methoxy groups -OCH3 is 1. The van der Waals surface area contributed by atoms with Crippen molar-refractivity contribution in [2.75, 3.05) is 38.2 Å². The Morgan fingerprint density at radius 1 is 1.11 bits per heavy atom. The quantitative estimate of drug-likeness (QED) is 0.557. The Morgan fingerprint density at radius 3 is 2.61 bits per heavy atom. The molecule has 0 aliphatic heterocycles. The van der Waals surface area contributed by atoms with E-state index in [1.54, 1.807) is 29.4 Å². The van der Waals surface area contributed by atoms with Crippen LogP contribution in [0.25, 0.3) is 10.2 Å². The van der Waals surface area contributed by atoms with Crippen LogP contribution in [0.2, 0.25) is 0 Å². The predicted molar refractivity (Wildman–Crippen MR) is 117 cm³/mol. The number of carbonyl (C=O) groups excluding carboxylic acids is 1. The number of anilines is 1. The number of amides is 1. The molecule has 6 heteroatoms. The summed E-state index contributed by atoms with van der Waals surface area (Å²) in [7, 11) is 1.61. The van der Waals surface area contributed by atoms with Crippen molar-refractivity contribution in [2.45, 2.75) is 20.8 Å². The normalized spacial score (nSPS) is 11.2. The lowest BCUT2D eigenvalue weighted by Crippen LogP contribution is -2.38. The number of thiazole rings is 1. The maximum atomic E-state index is 13.4. The standard InChI is InChI=1S/C22H27N3O2S/c1-5-24(6-2)12-13-25(21(26)17-8-7-9-18(15-17)27-4)22-23-19-11-10-16(3)14-20(19)28-22/h7-11,14-15H,5-6,12-13H2,1-4H3. The molecule has 0 saturated heterocycles. The third-order valence-corrected chi connectivity index (χ3v) is 5.90. The van der Waals surface area contributed by atoms with Crippen molar-refractivity contribution >= 4 is 32.6 Å². The van der Waals surface area contributed by atoms with Crippen LogP contribution in [0, 0.1) is 6.92 Å². The summed E-state index contributed by atoms with van der Waals surface area (Å²) in [6.45, 7) is 9.65. The maximum absolute atomic E-state index is 13.4. The minimum atomic E-state index is -0.0539. The largest absolute Gasteiger partial charge is 0.497 e. The number of ether oxygens (including phenoxy) is 1. The van der Waals surface area contributed by atoms with Crippen LogP contribution in [0.4, 0.5) is 5.13 Å². The molecule has 1 aromatic heterocycles. The van der Waals surface area contributed by atoms with Gasteiger partial charge in [-0.25, -0.2) is 4.98 Å². The van der Waals surface area contributed by atoms with E-state index in [0.717, 1.165) is 35.0 Å². The van der Waals surface area contributed by atoms with Gasteiger partial charge in [-0.15, -0.1) is 0 Å². The Labute approximate surface area is 170 Å². The lowest BCUT2D eigenvalue weighted by atomic mass is 10.2. The summed E-state index contributed by atoms with van der Waals surface area (Å²) in [6, 6.07) is 13.5. The fourth-order valence-corrected chi connectivity index (χ4v) is 4.20. The van der Waals surface area contributed by atoms with E-state index < -0.39 is 0 Å². The molecule has 3 aromatic rings. The highest BCUT2D eigenvalue weighted by molar-refractivity contribution is 7.22. The average molecular weight is 398 g/mol. The molecule has 0 aliphatic rings. The van der Waals surface area contributed by atoms with Crippen LogP contribution in [0.3, 0.4) is 0 Å². The first-order chi connectivity index (χ1) is 13.5. The van der Waals surface area contributed by atoms with Crippen LogP contribution in [0.15, 0.2) is 42.5 Å². The molecule has 28 heavy (non-hydrogen) atoms. The first-order valence-electron chi connectivity index (χ1n) is 9.61. The average Bonchev–Trinajstić information content (AvgIpc) is 3.13. The zero-order chi connectivity index (χ0) is 20.1. The van der Waals surface area contributed by atoms with Gasteiger partial charge in [-0.3, -0.25) is 9.69 Å². The van der Waals surface area contributed by atoms with Gasteiger partial charge in [0, 0.05) is 18.7 Å². The molecule has 1 heterocycles. The van der Waals surface area contributed by atoms with Crippen LogP contribution in [0.5, 0.6) is 5.75 Å². The van der Waals surface area contributed by atoms with Crippen molar-refractivity contribution < 1.29 is 9.53 Å². The number of carbonyl (C=O) groups is 1. The number of aryl methyl sites for hydroxylation is 1. The molecule has 1 amide bonds. The molecule has 0 spiro atoms. The number of likely N-dealkylation sites (N-methyl/N-ethyl adjacent to an activating group) is 1. The summed E-state index contributed by atoms with van der Waals surface area (Å²) >= 11 is 1.56. The molecule has 2 aromatic carbocycles. The highest BCUT2D eigenvalue weighted by atomic mass is 32.1. The van der Waals surface area contributed by atoms with Crippen LogP contribution in [0.1, 0.15) is 29.8 Å². The summed E-state index contributed by atoms with van der Waals surface area (Å²) in [5, 5.41) is 0.737. The summed E-state index contributed by atoms with van der Waals surface area (Å²) < 4.78 is 6.39. The molecule has 0 unspecified atom stereocenters. The van der Waals surface area contributed by atoms with E-state index in [1.165, 1.54) is 5.56 Å². The van der Waals surface area contributed by atoms with Gasteiger partial charge < -0.3 is 9.64 Å². The van der Waals surface area contributed by atoms with Crippen molar-refractivity contribution in [3.05, 3.63) is 53.6 Å². The molecule has 0 aliphatic carbocycles. The molecular weight excluding hydrogens is 370 g/mol. The fraction of sp³-hybridized carbons (Fsp3) is 0.364. The molecule has 0 N–H and O–H groups in total. The molecule has 3 rings (SSSR count). The van der Waals surface area contributed by atoms with Crippen molar-refractivity contribution in [1.82, 2.24) is 9.88 Å². The number of hydrogen-bond donors (Lipinski definition) is 0. The number of nitrogens with zero attached hydrogens (tertiary/aromatic N) is 3. The van der Waals surface area contributed by atoms with E-state index in [9.17, 15) is 4.79 Å². The van der Waals surface area contributed by atoms with Gasteiger partial charge in [0.05, 0.1) is 17.3 Å². The molecule has 0 bridgehead atoms. The van der Waals surface area contributed by atoms with E-state index in [4.69, 9.17) is 9.72 Å². The highest BCUT2D eigenvalue weighted by Crippen LogP contribution is 2.30. The Bertz CT molecular complexity index is 950. The Morgan fingerprint density at radius 2 is 1.89 bits per heavy atom. The minimum absolute atomic E-state index is 0.0539. The maximum Gasteiger partial charge on any atom is 0.260 e. The van der Waals surface area contributed by atoms with Gasteiger partial charge in [-0.2, -0.15) is 0 Å². The van der Waals surface area contributed by atoms with Crippen molar-refractivity contribution in [3.8, 4) is 5.75 Å². The van der Waals surface area contributed by atoms with Crippen LogP contribution in [-0.4, -0.2) is 49.1 Å². The molecule has 0 fully saturated rings. The summed E-state index contributed by atoms with van der Waals surface area (Å²) in [4.78, 5) is 22.2. The van der Waals surface area contributed by atoms with E-state index in [1.807, 2.05) is 24.3 Å². The van der Waals surface area contributed by atoms with Gasteiger partial charge in [-0.05, 0) is 55.9 Å². The van der Waals surface area contributed by atoms with E-state index in [2.05, 4.69) is 37.8 Å². The topological polar surface area (TPSA) is 45.7 Å². The molecule has 5 nitrogen and oxygen atoms in total. The van der Waals surface area contributed by atoms with Crippen molar-refractivity contribution in [1.29, 1.82) is 0 Å². The lowest BCUT2D eigenvalue weighted by molar-refractivity contribution is 0.0983. The molecule has 148 valence electrons. The second kappa shape index (κ2) is 9.17. The Balaban J connectivity index is 1.96. The molecule has 0 radical (unpaired) electrons. The van der Waals surface area contributed by atoms with E-state index >= 15 is 0 Å². The lowest BCUT2D eigenvalue weighted by Gasteiger charge is -2.24. The molecule has 0 saturated carbocycles. The van der Waals surface area contributed by atoms with Gasteiger partial charge in [0.1, 0.15) is 5.75 Å².